The Morgan fingerprint density at radius 1 is 0.905 bits per heavy atom. The van der Waals surface area contributed by atoms with Gasteiger partial charge >= 0.3 is 0 Å². The van der Waals surface area contributed by atoms with E-state index in [1.165, 1.54) is 13.8 Å². The normalized spacial score (nSPS) is 13.6. The molecule has 0 spiro atoms. The van der Waals surface area contributed by atoms with Crippen LogP contribution in [-0.4, -0.2) is 42.6 Å². The fourth-order valence-corrected chi connectivity index (χ4v) is 2.27. The van der Waals surface area contributed by atoms with Gasteiger partial charge < -0.3 is 9.84 Å². The molecule has 0 rings (SSSR count). The number of aliphatic hydroxyl groups excluding tert-OH is 1. The SMILES string of the molecule is CC(C)(CO)CCCCOCCCCC(C)(C)S(=O)(=O)O. The van der Waals surface area contributed by atoms with E-state index < -0.39 is 14.9 Å². The Kier molecular flexibility index (Phi) is 9.00. The molecule has 0 atom stereocenters. The first-order valence-electron chi connectivity index (χ1n) is 7.67. The second-order valence-corrected chi connectivity index (χ2v) is 9.14. The van der Waals surface area contributed by atoms with Crippen molar-refractivity contribution < 1.29 is 22.8 Å². The lowest BCUT2D eigenvalue weighted by Crippen LogP contribution is -2.31. The molecule has 0 unspecified atom stereocenters. The van der Waals surface area contributed by atoms with Crippen molar-refractivity contribution in [3.05, 3.63) is 0 Å². The predicted molar refractivity (Wildman–Crippen MR) is 85.0 cm³/mol. The van der Waals surface area contributed by atoms with E-state index >= 15 is 0 Å². The van der Waals surface area contributed by atoms with E-state index in [0.29, 0.717) is 26.1 Å². The Morgan fingerprint density at radius 3 is 1.81 bits per heavy atom. The highest BCUT2D eigenvalue weighted by atomic mass is 32.2. The second-order valence-electron chi connectivity index (χ2n) is 7.08. The zero-order chi connectivity index (χ0) is 16.6. The Hall–Kier alpha value is -0.170. The highest BCUT2D eigenvalue weighted by Gasteiger charge is 2.31. The molecule has 0 amide bonds. The van der Waals surface area contributed by atoms with Crippen molar-refractivity contribution in [1.29, 1.82) is 0 Å². The Morgan fingerprint density at radius 2 is 1.38 bits per heavy atom. The van der Waals surface area contributed by atoms with Gasteiger partial charge in [-0.05, 0) is 51.4 Å². The van der Waals surface area contributed by atoms with Crippen molar-refractivity contribution >= 4 is 10.1 Å². The number of unbranched alkanes of at least 4 members (excludes halogenated alkanes) is 2. The molecule has 2 N–H and O–H groups in total. The molecule has 128 valence electrons. The van der Waals surface area contributed by atoms with Crippen LogP contribution in [0.3, 0.4) is 0 Å². The fraction of sp³-hybridized carbons (Fsp3) is 1.00. The van der Waals surface area contributed by atoms with Gasteiger partial charge in [-0.2, -0.15) is 8.42 Å². The van der Waals surface area contributed by atoms with Gasteiger partial charge in [0.05, 0.1) is 4.75 Å². The molecular weight excluding hydrogens is 292 g/mol. The van der Waals surface area contributed by atoms with Crippen LogP contribution >= 0.6 is 0 Å². The van der Waals surface area contributed by atoms with Gasteiger partial charge in [-0.3, -0.25) is 4.55 Å². The van der Waals surface area contributed by atoms with Gasteiger partial charge in [0.2, 0.25) is 0 Å². The minimum Gasteiger partial charge on any atom is -0.396 e. The summed E-state index contributed by atoms with van der Waals surface area (Å²) in [5.41, 5.74) is -0.0125. The number of ether oxygens (including phenoxy) is 1. The maximum absolute atomic E-state index is 11.1. The van der Waals surface area contributed by atoms with Crippen LogP contribution in [0.1, 0.15) is 66.2 Å². The van der Waals surface area contributed by atoms with E-state index in [2.05, 4.69) is 0 Å². The van der Waals surface area contributed by atoms with E-state index in [9.17, 15) is 8.42 Å². The van der Waals surface area contributed by atoms with Crippen molar-refractivity contribution in [3.8, 4) is 0 Å². The smallest absolute Gasteiger partial charge is 0.270 e. The number of hydrogen-bond acceptors (Lipinski definition) is 4. The molecule has 0 bridgehead atoms. The van der Waals surface area contributed by atoms with Gasteiger partial charge in [-0.15, -0.1) is 0 Å². The third-order valence-corrected chi connectivity index (χ3v) is 5.44. The van der Waals surface area contributed by atoms with E-state index in [0.717, 1.165) is 25.7 Å². The molecule has 5 nitrogen and oxygen atoms in total. The number of hydrogen-bond donors (Lipinski definition) is 2. The van der Waals surface area contributed by atoms with Gasteiger partial charge in [0.1, 0.15) is 0 Å². The van der Waals surface area contributed by atoms with Gasteiger partial charge in [-0.1, -0.05) is 20.3 Å². The van der Waals surface area contributed by atoms with Crippen LogP contribution in [0.15, 0.2) is 0 Å². The monoisotopic (exact) mass is 324 g/mol. The summed E-state index contributed by atoms with van der Waals surface area (Å²) in [6, 6.07) is 0. The van der Waals surface area contributed by atoms with Crippen LogP contribution in [0.2, 0.25) is 0 Å². The third kappa shape index (κ3) is 9.45. The largest absolute Gasteiger partial charge is 0.396 e. The maximum Gasteiger partial charge on any atom is 0.270 e. The van der Waals surface area contributed by atoms with Crippen molar-refractivity contribution in [2.45, 2.75) is 71.0 Å². The second kappa shape index (κ2) is 9.08. The van der Waals surface area contributed by atoms with Crippen molar-refractivity contribution in [3.63, 3.8) is 0 Å². The first-order chi connectivity index (χ1) is 9.52. The summed E-state index contributed by atoms with van der Waals surface area (Å²) in [6.07, 6.45) is 4.92. The molecular formula is C15H32O5S. The number of aliphatic hydroxyl groups is 1. The summed E-state index contributed by atoms with van der Waals surface area (Å²) in [5, 5.41) is 9.12. The molecule has 0 heterocycles. The standard InChI is InChI=1S/C15H32O5S/c1-14(2,13-16)9-5-7-11-20-12-8-6-10-15(3,4)21(17,18)19/h16H,5-13H2,1-4H3,(H,17,18,19). The van der Waals surface area contributed by atoms with Crippen LogP contribution in [-0.2, 0) is 14.9 Å². The van der Waals surface area contributed by atoms with Gasteiger partial charge in [-0.25, -0.2) is 0 Å². The lowest BCUT2D eigenvalue weighted by Gasteiger charge is -2.21. The van der Waals surface area contributed by atoms with E-state index in [4.69, 9.17) is 14.4 Å². The van der Waals surface area contributed by atoms with Gasteiger partial charge in [0.25, 0.3) is 10.1 Å². The van der Waals surface area contributed by atoms with E-state index in [-0.39, 0.29) is 12.0 Å². The average molecular weight is 324 g/mol. The van der Waals surface area contributed by atoms with Crippen LogP contribution in [0.5, 0.6) is 0 Å². The Labute approximate surface area is 129 Å². The topological polar surface area (TPSA) is 83.8 Å². The third-order valence-electron chi connectivity index (χ3n) is 3.84. The van der Waals surface area contributed by atoms with E-state index in [1.807, 2.05) is 13.8 Å². The minimum atomic E-state index is -3.98. The highest BCUT2D eigenvalue weighted by Crippen LogP contribution is 2.23. The van der Waals surface area contributed by atoms with Crippen molar-refractivity contribution in [2.75, 3.05) is 19.8 Å². The molecule has 6 heteroatoms. The van der Waals surface area contributed by atoms with Crippen molar-refractivity contribution in [1.82, 2.24) is 0 Å². The number of rotatable bonds is 12. The first kappa shape index (κ1) is 20.8. The maximum atomic E-state index is 11.1. The van der Waals surface area contributed by atoms with Crippen LogP contribution in [0.25, 0.3) is 0 Å². The van der Waals surface area contributed by atoms with Crippen LogP contribution in [0.4, 0.5) is 0 Å². The molecule has 0 radical (unpaired) electrons. The molecule has 0 saturated carbocycles. The lowest BCUT2D eigenvalue weighted by molar-refractivity contribution is 0.114. The average Bonchev–Trinajstić information content (AvgIpc) is 2.35. The molecule has 0 fully saturated rings. The summed E-state index contributed by atoms with van der Waals surface area (Å²) in [5.74, 6) is 0. The molecule has 0 aliphatic heterocycles. The highest BCUT2D eigenvalue weighted by molar-refractivity contribution is 7.87. The summed E-state index contributed by atoms with van der Waals surface area (Å²) in [6.45, 7) is 8.68. The summed E-state index contributed by atoms with van der Waals surface area (Å²) < 4.78 is 35.7. The molecule has 21 heavy (non-hydrogen) atoms. The first-order valence-corrected chi connectivity index (χ1v) is 9.11. The molecule has 0 aromatic heterocycles. The Bertz CT molecular complexity index is 374. The minimum absolute atomic E-state index is 0.0125. The fourth-order valence-electron chi connectivity index (χ4n) is 1.87. The zero-order valence-corrected chi connectivity index (χ0v) is 14.7. The molecule has 0 aliphatic carbocycles. The Balaban J connectivity index is 3.54. The zero-order valence-electron chi connectivity index (χ0n) is 13.9. The lowest BCUT2D eigenvalue weighted by atomic mass is 9.88. The van der Waals surface area contributed by atoms with Gasteiger partial charge in [0, 0.05) is 19.8 Å². The van der Waals surface area contributed by atoms with Crippen LogP contribution in [0, 0.1) is 5.41 Å². The summed E-state index contributed by atoms with van der Waals surface area (Å²) >= 11 is 0. The summed E-state index contributed by atoms with van der Waals surface area (Å²) in [7, 11) is -3.98. The van der Waals surface area contributed by atoms with Gasteiger partial charge in [0.15, 0.2) is 0 Å². The quantitative estimate of drug-likeness (QED) is 0.426. The molecule has 0 saturated heterocycles. The predicted octanol–water partition coefficient (Wildman–Crippen LogP) is 3.03. The van der Waals surface area contributed by atoms with E-state index in [1.54, 1.807) is 0 Å². The molecule has 0 aromatic rings. The van der Waals surface area contributed by atoms with Crippen LogP contribution < -0.4 is 0 Å². The molecule has 0 aliphatic rings. The van der Waals surface area contributed by atoms with Crippen molar-refractivity contribution in [2.24, 2.45) is 5.41 Å². The summed E-state index contributed by atoms with van der Waals surface area (Å²) in [4.78, 5) is 0. The molecule has 0 aromatic carbocycles.